The van der Waals surface area contributed by atoms with Gasteiger partial charge in [0.15, 0.2) is 11.4 Å². The summed E-state index contributed by atoms with van der Waals surface area (Å²) in [5.41, 5.74) is 12.1. The molecule has 7 aromatic carbocycles. The van der Waals surface area contributed by atoms with Gasteiger partial charge in [0.2, 0.25) is 0 Å². The van der Waals surface area contributed by atoms with Crippen molar-refractivity contribution in [1.82, 2.24) is 9.97 Å². The van der Waals surface area contributed by atoms with Crippen LogP contribution in [-0.2, 0) is 0 Å². The van der Waals surface area contributed by atoms with Crippen molar-refractivity contribution in [3.05, 3.63) is 170 Å². The maximum absolute atomic E-state index is 6.68. The third-order valence-electron chi connectivity index (χ3n) is 8.89. The molecular weight excluding hydrogens is 572 g/mol. The molecular formula is C44H28N2O. The largest absolute Gasteiger partial charge is 0.451 e. The summed E-state index contributed by atoms with van der Waals surface area (Å²) in [7, 11) is 0. The third-order valence-corrected chi connectivity index (χ3v) is 8.89. The minimum absolute atomic E-state index is 0.676. The van der Waals surface area contributed by atoms with Crippen molar-refractivity contribution >= 4 is 32.8 Å². The Labute approximate surface area is 272 Å². The summed E-state index contributed by atoms with van der Waals surface area (Å²) >= 11 is 0. The van der Waals surface area contributed by atoms with Crippen LogP contribution in [-0.4, -0.2) is 9.97 Å². The van der Waals surface area contributed by atoms with Crippen LogP contribution < -0.4 is 0 Å². The van der Waals surface area contributed by atoms with Crippen LogP contribution in [0, 0.1) is 0 Å². The number of aromatic nitrogens is 2. The van der Waals surface area contributed by atoms with Gasteiger partial charge in [-0.1, -0.05) is 152 Å². The Morgan fingerprint density at radius 2 is 0.872 bits per heavy atom. The highest BCUT2D eigenvalue weighted by molar-refractivity contribution is 6.15. The number of fused-ring (bicyclic) bond motifs is 5. The van der Waals surface area contributed by atoms with Crippen molar-refractivity contribution < 1.29 is 4.42 Å². The molecule has 0 unspecified atom stereocenters. The van der Waals surface area contributed by atoms with E-state index in [0.29, 0.717) is 11.4 Å². The predicted octanol–water partition coefficient (Wildman–Crippen LogP) is 11.9. The highest BCUT2D eigenvalue weighted by Crippen LogP contribution is 2.39. The first kappa shape index (κ1) is 27.0. The fraction of sp³-hybridized carbons (Fsp3) is 0. The highest BCUT2D eigenvalue weighted by Gasteiger charge is 2.20. The second-order valence-electron chi connectivity index (χ2n) is 11.8. The topological polar surface area (TPSA) is 38.9 Å². The molecule has 0 radical (unpaired) electrons. The van der Waals surface area contributed by atoms with Crippen molar-refractivity contribution in [1.29, 1.82) is 0 Å². The van der Waals surface area contributed by atoms with Crippen LogP contribution >= 0.6 is 0 Å². The minimum atomic E-state index is 0.676. The summed E-state index contributed by atoms with van der Waals surface area (Å²) in [5, 5.41) is 3.19. The normalized spacial score (nSPS) is 11.4. The Kier molecular flexibility index (Phi) is 6.46. The molecule has 47 heavy (non-hydrogen) atoms. The Bertz CT molecular complexity index is 2550. The van der Waals surface area contributed by atoms with Crippen molar-refractivity contribution in [2.24, 2.45) is 0 Å². The average molecular weight is 601 g/mol. The van der Waals surface area contributed by atoms with Crippen LogP contribution in [0.3, 0.4) is 0 Å². The number of benzene rings is 7. The number of nitrogens with zero attached hydrogens (tertiary/aromatic N) is 2. The van der Waals surface area contributed by atoms with E-state index in [-0.39, 0.29) is 0 Å². The molecule has 9 aromatic rings. The lowest BCUT2D eigenvalue weighted by Gasteiger charge is -2.10. The molecule has 0 atom stereocenters. The van der Waals surface area contributed by atoms with Gasteiger partial charge in [0.1, 0.15) is 16.8 Å². The molecule has 0 saturated carbocycles. The fourth-order valence-electron chi connectivity index (χ4n) is 6.49. The molecule has 9 rings (SSSR count). The molecule has 3 nitrogen and oxygen atoms in total. The Balaban J connectivity index is 1.17. The first-order valence-electron chi connectivity index (χ1n) is 15.8. The average Bonchev–Trinajstić information content (AvgIpc) is 3.55. The molecule has 2 aromatic heterocycles. The first-order chi connectivity index (χ1) is 23.3. The summed E-state index contributed by atoms with van der Waals surface area (Å²) in [4.78, 5) is 10.2. The predicted molar refractivity (Wildman–Crippen MR) is 194 cm³/mol. The van der Waals surface area contributed by atoms with Gasteiger partial charge in [0.25, 0.3) is 0 Å². The Hall–Kier alpha value is -6.32. The minimum Gasteiger partial charge on any atom is -0.451 e. The van der Waals surface area contributed by atoms with E-state index in [1.807, 2.05) is 30.3 Å². The monoisotopic (exact) mass is 600 g/mol. The zero-order valence-electron chi connectivity index (χ0n) is 25.5. The second kappa shape index (κ2) is 11.2. The summed E-state index contributed by atoms with van der Waals surface area (Å²) in [6, 6.07) is 59.3. The van der Waals surface area contributed by atoms with Gasteiger partial charge in [0, 0.05) is 21.9 Å². The quantitative estimate of drug-likeness (QED) is 0.197. The SMILES string of the molecule is c1ccc(-c2ccc(-c3cccc(-c4cccc(-c5nc(-c6ccccc6)nc6c5oc5c7ccccc7ccc65)c4)c3)cc2)cc1. The van der Waals surface area contributed by atoms with Crippen LogP contribution in [0.5, 0.6) is 0 Å². The maximum Gasteiger partial charge on any atom is 0.180 e. The van der Waals surface area contributed by atoms with Gasteiger partial charge in [-0.3, -0.25) is 0 Å². The molecule has 0 saturated heterocycles. The van der Waals surface area contributed by atoms with Crippen LogP contribution in [0.1, 0.15) is 0 Å². The Morgan fingerprint density at radius 3 is 1.60 bits per heavy atom. The molecule has 0 aliphatic carbocycles. The van der Waals surface area contributed by atoms with E-state index in [2.05, 4.69) is 140 Å². The molecule has 220 valence electrons. The molecule has 0 fully saturated rings. The molecule has 3 heteroatoms. The molecule has 2 heterocycles. The number of rotatable bonds is 5. The zero-order chi connectivity index (χ0) is 31.2. The lowest BCUT2D eigenvalue weighted by Crippen LogP contribution is -1.94. The van der Waals surface area contributed by atoms with E-state index in [1.165, 1.54) is 22.3 Å². The van der Waals surface area contributed by atoms with Crippen molar-refractivity contribution in [2.75, 3.05) is 0 Å². The molecule has 0 amide bonds. The van der Waals surface area contributed by atoms with Gasteiger partial charge in [-0.25, -0.2) is 9.97 Å². The summed E-state index contributed by atoms with van der Waals surface area (Å²) in [5.74, 6) is 0.676. The summed E-state index contributed by atoms with van der Waals surface area (Å²) in [6.07, 6.45) is 0. The van der Waals surface area contributed by atoms with Gasteiger partial charge in [-0.15, -0.1) is 0 Å². The van der Waals surface area contributed by atoms with Crippen molar-refractivity contribution in [3.8, 4) is 56.0 Å². The first-order valence-corrected chi connectivity index (χ1v) is 15.8. The Morgan fingerprint density at radius 1 is 0.340 bits per heavy atom. The van der Waals surface area contributed by atoms with E-state index in [0.717, 1.165) is 55.2 Å². The maximum atomic E-state index is 6.68. The lowest BCUT2D eigenvalue weighted by molar-refractivity contribution is 0.671. The molecule has 0 spiro atoms. The molecule has 0 aliphatic heterocycles. The fourth-order valence-corrected chi connectivity index (χ4v) is 6.49. The molecule has 0 aliphatic rings. The van der Waals surface area contributed by atoms with Gasteiger partial charge in [-0.2, -0.15) is 0 Å². The summed E-state index contributed by atoms with van der Waals surface area (Å²) in [6.45, 7) is 0. The van der Waals surface area contributed by atoms with Crippen LogP contribution in [0.2, 0.25) is 0 Å². The van der Waals surface area contributed by atoms with Gasteiger partial charge >= 0.3 is 0 Å². The lowest BCUT2D eigenvalue weighted by atomic mass is 9.96. The van der Waals surface area contributed by atoms with Crippen molar-refractivity contribution in [2.45, 2.75) is 0 Å². The number of furan rings is 1. The van der Waals surface area contributed by atoms with Gasteiger partial charge in [-0.05, 0) is 57.0 Å². The number of hydrogen-bond donors (Lipinski definition) is 0. The van der Waals surface area contributed by atoms with E-state index < -0.39 is 0 Å². The standard InChI is InChI=1S/C44H28N2O/c1-3-11-29(12-4-1)30-21-23-31(24-22-30)34-16-9-17-35(27-34)36-18-10-19-37(28-36)40-43-41(46-44(45-40)33-14-5-2-6-15-33)39-26-25-32-13-7-8-20-38(32)42(39)47-43/h1-28H. The third kappa shape index (κ3) is 4.86. The van der Waals surface area contributed by atoms with Crippen LogP contribution in [0.15, 0.2) is 174 Å². The van der Waals surface area contributed by atoms with Gasteiger partial charge < -0.3 is 4.42 Å². The van der Waals surface area contributed by atoms with Gasteiger partial charge in [0.05, 0.1) is 0 Å². The van der Waals surface area contributed by atoms with Crippen molar-refractivity contribution in [3.63, 3.8) is 0 Å². The highest BCUT2D eigenvalue weighted by atomic mass is 16.3. The van der Waals surface area contributed by atoms with E-state index in [1.54, 1.807) is 0 Å². The zero-order valence-corrected chi connectivity index (χ0v) is 25.5. The number of hydrogen-bond acceptors (Lipinski definition) is 3. The smallest absolute Gasteiger partial charge is 0.180 e. The van der Waals surface area contributed by atoms with Crippen LogP contribution in [0.25, 0.3) is 88.9 Å². The second-order valence-corrected chi connectivity index (χ2v) is 11.8. The van der Waals surface area contributed by atoms with E-state index >= 15 is 0 Å². The van der Waals surface area contributed by atoms with E-state index in [9.17, 15) is 0 Å². The molecule has 0 bridgehead atoms. The van der Waals surface area contributed by atoms with Crippen LogP contribution in [0.4, 0.5) is 0 Å². The van der Waals surface area contributed by atoms with E-state index in [4.69, 9.17) is 14.4 Å². The summed E-state index contributed by atoms with van der Waals surface area (Å²) < 4.78 is 6.68. The molecule has 0 N–H and O–H groups in total.